The number of carbonyl (C=O) groups is 1. The fourth-order valence-electron chi connectivity index (χ4n) is 4.84. The molecule has 0 spiro atoms. The first-order valence-electron chi connectivity index (χ1n) is 10.8. The highest BCUT2D eigenvalue weighted by Gasteiger charge is 2.26. The maximum absolute atomic E-state index is 12.9. The summed E-state index contributed by atoms with van der Waals surface area (Å²) in [7, 11) is 0. The second kappa shape index (κ2) is 7.87. The van der Waals surface area contributed by atoms with Gasteiger partial charge in [0, 0.05) is 17.5 Å². The molecule has 1 amide bonds. The van der Waals surface area contributed by atoms with Crippen molar-refractivity contribution in [1.29, 1.82) is 0 Å². The first-order valence-corrected chi connectivity index (χ1v) is 12.6. The zero-order valence-electron chi connectivity index (χ0n) is 17.1. The first-order chi connectivity index (χ1) is 14.2. The second-order valence-electron chi connectivity index (χ2n) is 8.13. The van der Waals surface area contributed by atoms with Crippen molar-refractivity contribution in [2.24, 2.45) is 0 Å². The van der Waals surface area contributed by atoms with Gasteiger partial charge in [0.25, 0.3) is 0 Å². The Morgan fingerprint density at radius 3 is 2.93 bits per heavy atom. The van der Waals surface area contributed by atoms with E-state index in [9.17, 15) is 4.79 Å². The number of fused-ring (bicyclic) bond motifs is 5. The van der Waals surface area contributed by atoms with Gasteiger partial charge in [-0.2, -0.15) is 0 Å². The SMILES string of the molecule is CCC1CCCCN1C(=O)CSc1nnc2c3c4c(sc3nc(C)n12)CCCC4. The third-order valence-electron chi connectivity index (χ3n) is 6.34. The molecule has 1 fully saturated rings. The van der Waals surface area contributed by atoms with Gasteiger partial charge >= 0.3 is 0 Å². The lowest BCUT2D eigenvalue weighted by Crippen LogP contribution is -2.44. The van der Waals surface area contributed by atoms with Gasteiger partial charge in [-0.3, -0.25) is 9.20 Å². The fourth-order valence-corrected chi connectivity index (χ4v) is 7.00. The van der Waals surface area contributed by atoms with Gasteiger partial charge in [0.2, 0.25) is 5.91 Å². The maximum atomic E-state index is 12.9. The summed E-state index contributed by atoms with van der Waals surface area (Å²) in [5, 5.41) is 11.0. The average Bonchev–Trinajstić information content (AvgIpc) is 3.33. The van der Waals surface area contributed by atoms with Crippen molar-refractivity contribution in [3.8, 4) is 0 Å². The van der Waals surface area contributed by atoms with E-state index in [1.54, 1.807) is 0 Å². The molecular formula is C21H27N5OS2. The Kier molecular flexibility index (Phi) is 5.24. The number of thiophene rings is 1. The number of rotatable bonds is 4. The Morgan fingerprint density at radius 1 is 1.21 bits per heavy atom. The molecule has 3 aromatic rings. The molecule has 1 atom stereocenters. The second-order valence-corrected chi connectivity index (χ2v) is 10.2. The van der Waals surface area contributed by atoms with E-state index in [4.69, 9.17) is 4.98 Å². The quantitative estimate of drug-likeness (QED) is 0.575. The summed E-state index contributed by atoms with van der Waals surface area (Å²) in [4.78, 5) is 22.4. The van der Waals surface area contributed by atoms with Crippen LogP contribution in [0, 0.1) is 6.92 Å². The van der Waals surface area contributed by atoms with Gasteiger partial charge in [0.15, 0.2) is 10.8 Å². The van der Waals surface area contributed by atoms with E-state index in [2.05, 4.69) is 26.4 Å². The largest absolute Gasteiger partial charge is 0.339 e. The maximum Gasteiger partial charge on any atom is 0.233 e. The van der Waals surface area contributed by atoms with Gasteiger partial charge in [-0.15, -0.1) is 21.5 Å². The molecule has 0 saturated carbocycles. The summed E-state index contributed by atoms with van der Waals surface area (Å²) in [6, 6.07) is 0.396. The zero-order valence-corrected chi connectivity index (χ0v) is 18.7. The Labute approximate surface area is 179 Å². The van der Waals surface area contributed by atoms with E-state index in [0.29, 0.717) is 11.8 Å². The van der Waals surface area contributed by atoms with Crippen molar-refractivity contribution < 1.29 is 4.79 Å². The minimum atomic E-state index is 0.220. The number of hydrogen-bond acceptors (Lipinski definition) is 6. The summed E-state index contributed by atoms with van der Waals surface area (Å²) in [5.74, 6) is 1.53. The smallest absolute Gasteiger partial charge is 0.233 e. The highest BCUT2D eigenvalue weighted by molar-refractivity contribution is 7.99. The third-order valence-corrected chi connectivity index (χ3v) is 8.44. The molecule has 8 heteroatoms. The summed E-state index contributed by atoms with van der Waals surface area (Å²) in [5.41, 5.74) is 2.33. The number of thioether (sulfide) groups is 1. The van der Waals surface area contributed by atoms with E-state index >= 15 is 0 Å². The summed E-state index contributed by atoms with van der Waals surface area (Å²) in [6.07, 6.45) is 9.27. The lowest BCUT2D eigenvalue weighted by molar-refractivity contribution is -0.132. The molecule has 154 valence electrons. The number of piperidine rings is 1. The van der Waals surface area contributed by atoms with Gasteiger partial charge in [-0.1, -0.05) is 18.7 Å². The van der Waals surface area contributed by atoms with E-state index in [0.717, 1.165) is 60.1 Å². The number of likely N-dealkylation sites (tertiary alicyclic amines) is 1. The van der Waals surface area contributed by atoms with Crippen molar-refractivity contribution in [2.75, 3.05) is 12.3 Å². The molecule has 1 unspecified atom stereocenters. The summed E-state index contributed by atoms with van der Waals surface area (Å²) < 4.78 is 2.05. The predicted molar refractivity (Wildman–Crippen MR) is 118 cm³/mol. The van der Waals surface area contributed by atoms with Crippen molar-refractivity contribution in [1.82, 2.24) is 24.5 Å². The van der Waals surface area contributed by atoms with E-state index in [1.165, 1.54) is 46.9 Å². The van der Waals surface area contributed by atoms with Crippen LogP contribution in [0.25, 0.3) is 15.9 Å². The van der Waals surface area contributed by atoms with Crippen molar-refractivity contribution in [2.45, 2.75) is 76.4 Å². The predicted octanol–water partition coefficient (Wildman–Crippen LogP) is 4.41. The number of aromatic nitrogens is 4. The van der Waals surface area contributed by atoms with Crippen LogP contribution < -0.4 is 0 Å². The fraction of sp³-hybridized carbons (Fsp3) is 0.619. The summed E-state index contributed by atoms with van der Waals surface area (Å²) in [6.45, 7) is 5.08. The molecule has 1 saturated heterocycles. The van der Waals surface area contributed by atoms with Crippen LogP contribution in [0.5, 0.6) is 0 Å². The highest BCUT2D eigenvalue weighted by Crippen LogP contribution is 2.38. The van der Waals surface area contributed by atoms with E-state index in [-0.39, 0.29) is 5.91 Å². The standard InChI is InChI=1S/C21H27N5OS2/c1-3-14-8-6-7-11-25(14)17(27)12-28-21-24-23-19-18-15-9-4-5-10-16(15)29-20(18)22-13(2)26(19)21/h14H,3-12H2,1-2H3. The topological polar surface area (TPSA) is 63.4 Å². The normalized spacial score (nSPS) is 19.8. The number of hydrogen-bond donors (Lipinski definition) is 0. The molecule has 1 aliphatic carbocycles. The van der Waals surface area contributed by atoms with Crippen molar-refractivity contribution in [3.63, 3.8) is 0 Å². The Balaban J connectivity index is 1.44. The molecule has 0 aromatic carbocycles. The molecule has 29 heavy (non-hydrogen) atoms. The van der Waals surface area contributed by atoms with Gasteiger partial charge in [0.1, 0.15) is 10.7 Å². The van der Waals surface area contributed by atoms with Crippen LogP contribution in [-0.4, -0.2) is 48.7 Å². The van der Waals surface area contributed by atoms with Gasteiger partial charge < -0.3 is 4.90 Å². The van der Waals surface area contributed by atoms with Crippen LogP contribution in [0.1, 0.15) is 61.7 Å². The van der Waals surface area contributed by atoms with Gasteiger partial charge in [-0.25, -0.2) is 4.98 Å². The summed E-state index contributed by atoms with van der Waals surface area (Å²) >= 11 is 3.31. The molecular weight excluding hydrogens is 402 g/mol. The molecule has 0 radical (unpaired) electrons. The van der Waals surface area contributed by atoms with E-state index < -0.39 is 0 Å². The van der Waals surface area contributed by atoms with Crippen LogP contribution in [0.15, 0.2) is 5.16 Å². The minimum absolute atomic E-state index is 0.220. The first kappa shape index (κ1) is 19.3. The minimum Gasteiger partial charge on any atom is -0.339 e. The van der Waals surface area contributed by atoms with Gasteiger partial charge in [-0.05, 0) is 63.9 Å². The number of amides is 1. The molecule has 0 bridgehead atoms. The van der Waals surface area contributed by atoms with E-state index in [1.807, 2.05) is 18.3 Å². The molecule has 1 aliphatic heterocycles. The zero-order chi connectivity index (χ0) is 20.0. The lowest BCUT2D eigenvalue weighted by Gasteiger charge is -2.35. The van der Waals surface area contributed by atoms with Crippen LogP contribution in [0.4, 0.5) is 0 Å². The average molecular weight is 430 g/mol. The molecule has 5 rings (SSSR count). The van der Waals surface area contributed by atoms with Crippen LogP contribution >= 0.6 is 23.1 Å². The van der Waals surface area contributed by atoms with Crippen LogP contribution in [0.2, 0.25) is 0 Å². The Morgan fingerprint density at radius 2 is 2.07 bits per heavy atom. The molecule has 4 heterocycles. The Bertz CT molecular complexity index is 1070. The van der Waals surface area contributed by atoms with Crippen LogP contribution in [-0.2, 0) is 17.6 Å². The van der Waals surface area contributed by atoms with Gasteiger partial charge in [0.05, 0.1) is 11.1 Å². The molecule has 2 aliphatic rings. The lowest BCUT2D eigenvalue weighted by atomic mass is 9.97. The molecule has 0 N–H and O–H groups in total. The van der Waals surface area contributed by atoms with Crippen molar-refractivity contribution >= 4 is 44.9 Å². The number of nitrogens with zero attached hydrogens (tertiary/aromatic N) is 5. The third kappa shape index (κ3) is 3.34. The van der Waals surface area contributed by atoms with Crippen LogP contribution in [0.3, 0.4) is 0 Å². The number of aryl methyl sites for hydroxylation is 3. The number of carbonyl (C=O) groups excluding carboxylic acids is 1. The Hall–Kier alpha value is -1.67. The molecule has 3 aromatic heterocycles. The van der Waals surface area contributed by atoms with Crippen molar-refractivity contribution in [3.05, 3.63) is 16.3 Å². The highest BCUT2D eigenvalue weighted by atomic mass is 32.2. The monoisotopic (exact) mass is 429 g/mol. The molecule has 6 nitrogen and oxygen atoms in total.